The Morgan fingerprint density at radius 3 is 2.44 bits per heavy atom. The van der Waals surface area contributed by atoms with Gasteiger partial charge in [-0.25, -0.2) is 0 Å². The molecule has 16 heavy (non-hydrogen) atoms. The number of hydrogen-bond acceptors (Lipinski definition) is 2. The molecule has 2 N–H and O–H groups in total. The Labute approximate surface area is 97.8 Å². The second kappa shape index (κ2) is 4.10. The van der Waals surface area contributed by atoms with E-state index in [9.17, 15) is 0 Å². The van der Waals surface area contributed by atoms with Crippen LogP contribution in [-0.2, 0) is 5.41 Å². The van der Waals surface area contributed by atoms with Crippen molar-refractivity contribution in [1.29, 1.82) is 0 Å². The normalized spacial score (nSPS) is 18.0. The first-order valence-electron chi connectivity index (χ1n) is 5.99. The first kappa shape index (κ1) is 11.5. The van der Waals surface area contributed by atoms with Gasteiger partial charge >= 0.3 is 0 Å². The van der Waals surface area contributed by atoms with Crippen LogP contribution in [0.4, 0.5) is 0 Å². The van der Waals surface area contributed by atoms with Crippen molar-refractivity contribution in [3.05, 3.63) is 28.8 Å². The van der Waals surface area contributed by atoms with E-state index >= 15 is 0 Å². The maximum absolute atomic E-state index is 5.96. The highest BCUT2D eigenvalue weighted by atomic mass is 16.5. The Morgan fingerprint density at radius 1 is 1.31 bits per heavy atom. The van der Waals surface area contributed by atoms with Crippen molar-refractivity contribution < 1.29 is 4.74 Å². The molecule has 88 valence electrons. The zero-order chi connectivity index (χ0) is 11.8. The van der Waals surface area contributed by atoms with Crippen LogP contribution >= 0.6 is 0 Å². The van der Waals surface area contributed by atoms with E-state index in [0.29, 0.717) is 0 Å². The largest absolute Gasteiger partial charge is 0.496 e. The van der Waals surface area contributed by atoms with Crippen LogP contribution in [0.3, 0.4) is 0 Å². The number of ether oxygens (including phenoxy) is 1. The third kappa shape index (κ3) is 1.52. The van der Waals surface area contributed by atoms with Gasteiger partial charge in [0.05, 0.1) is 7.11 Å². The maximum atomic E-state index is 5.96. The summed E-state index contributed by atoms with van der Waals surface area (Å²) in [4.78, 5) is 0. The number of methoxy groups -OCH3 is 1. The van der Waals surface area contributed by atoms with E-state index in [1.807, 2.05) is 0 Å². The molecule has 1 saturated carbocycles. The molecule has 2 nitrogen and oxygen atoms in total. The molecule has 0 bridgehead atoms. The molecule has 0 unspecified atom stereocenters. The van der Waals surface area contributed by atoms with Gasteiger partial charge in [-0.05, 0) is 37.8 Å². The molecular formula is C14H21NO. The van der Waals surface area contributed by atoms with Gasteiger partial charge in [-0.2, -0.15) is 0 Å². The smallest absolute Gasteiger partial charge is 0.125 e. The van der Waals surface area contributed by atoms with Crippen LogP contribution in [0.15, 0.2) is 12.1 Å². The molecule has 0 aliphatic heterocycles. The lowest BCUT2D eigenvalue weighted by Crippen LogP contribution is -2.41. The van der Waals surface area contributed by atoms with Gasteiger partial charge in [-0.1, -0.05) is 18.6 Å². The van der Waals surface area contributed by atoms with E-state index in [1.165, 1.54) is 36.0 Å². The minimum atomic E-state index is 0.184. The molecule has 0 spiro atoms. The van der Waals surface area contributed by atoms with Crippen LogP contribution in [0.25, 0.3) is 0 Å². The standard InChI is InChI=1S/C14H21NO/c1-10-5-6-12(13(16-3)11(10)2)14(9-15)7-4-8-14/h5-6H,4,7-9,15H2,1-3H3. The zero-order valence-electron chi connectivity index (χ0n) is 10.5. The maximum Gasteiger partial charge on any atom is 0.125 e. The predicted octanol–water partition coefficient (Wildman–Crippen LogP) is 2.69. The SMILES string of the molecule is COc1c(C2(CN)CCC2)ccc(C)c1C. The summed E-state index contributed by atoms with van der Waals surface area (Å²) in [5, 5.41) is 0. The van der Waals surface area contributed by atoms with Crippen molar-refractivity contribution in [1.82, 2.24) is 0 Å². The molecule has 2 rings (SSSR count). The molecule has 1 aliphatic rings. The van der Waals surface area contributed by atoms with Gasteiger partial charge in [0.15, 0.2) is 0 Å². The average molecular weight is 219 g/mol. The van der Waals surface area contributed by atoms with E-state index < -0.39 is 0 Å². The van der Waals surface area contributed by atoms with Gasteiger partial charge in [0.25, 0.3) is 0 Å². The second-order valence-corrected chi connectivity index (χ2v) is 4.93. The second-order valence-electron chi connectivity index (χ2n) is 4.93. The molecule has 1 aliphatic carbocycles. The van der Waals surface area contributed by atoms with Gasteiger partial charge in [0, 0.05) is 17.5 Å². The Balaban J connectivity index is 2.52. The molecular weight excluding hydrogens is 198 g/mol. The van der Waals surface area contributed by atoms with Crippen molar-refractivity contribution in [3.8, 4) is 5.75 Å². The van der Waals surface area contributed by atoms with E-state index in [0.717, 1.165) is 12.3 Å². The number of benzene rings is 1. The lowest BCUT2D eigenvalue weighted by atomic mass is 9.64. The van der Waals surface area contributed by atoms with Crippen molar-refractivity contribution in [2.75, 3.05) is 13.7 Å². The number of aryl methyl sites for hydroxylation is 1. The third-order valence-corrected chi connectivity index (χ3v) is 4.15. The summed E-state index contributed by atoms with van der Waals surface area (Å²) >= 11 is 0. The summed E-state index contributed by atoms with van der Waals surface area (Å²) in [7, 11) is 1.76. The van der Waals surface area contributed by atoms with E-state index in [1.54, 1.807) is 7.11 Å². The highest BCUT2D eigenvalue weighted by Gasteiger charge is 2.39. The topological polar surface area (TPSA) is 35.2 Å². The van der Waals surface area contributed by atoms with Gasteiger partial charge in [-0.3, -0.25) is 0 Å². The predicted molar refractivity (Wildman–Crippen MR) is 67.1 cm³/mol. The Hall–Kier alpha value is -1.02. The van der Waals surface area contributed by atoms with Crippen molar-refractivity contribution in [3.63, 3.8) is 0 Å². The van der Waals surface area contributed by atoms with Gasteiger partial charge in [-0.15, -0.1) is 0 Å². The van der Waals surface area contributed by atoms with Crippen LogP contribution in [0.5, 0.6) is 5.75 Å². The van der Waals surface area contributed by atoms with Crippen LogP contribution in [-0.4, -0.2) is 13.7 Å². The average Bonchev–Trinajstić information content (AvgIpc) is 2.23. The molecule has 0 heterocycles. The van der Waals surface area contributed by atoms with Gasteiger partial charge in [0.2, 0.25) is 0 Å². The van der Waals surface area contributed by atoms with Crippen LogP contribution in [0, 0.1) is 13.8 Å². The summed E-state index contributed by atoms with van der Waals surface area (Å²) in [6, 6.07) is 4.39. The highest BCUT2D eigenvalue weighted by molar-refractivity contribution is 5.50. The van der Waals surface area contributed by atoms with Crippen molar-refractivity contribution in [2.45, 2.75) is 38.5 Å². The molecule has 1 aromatic rings. The Morgan fingerprint density at radius 2 is 2.00 bits per heavy atom. The first-order valence-corrected chi connectivity index (χ1v) is 5.99. The van der Waals surface area contributed by atoms with Crippen molar-refractivity contribution in [2.24, 2.45) is 5.73 Å². The molecule has 2 heteroatoms. The number of hydrogen-bond donors (Lipinski definition) is 1. The molecule has 0 amide bonds. The minimum absolute atomic E-state index is 0.184. The summed E-state index contributed by atoms with van der Waals surface area (Å²) in [6.45, 7) is 4.98. The van der Waals surface area contributed by atoms with E-state index in [2.05, 4.69) is 26.0 Å². The number of nitrogens with two attached hydrogens (primary N) is 1. The fourth-order valence-corrected chi connectivity index (χ4v) is 2.66. The minimum Gasteiger partial charge on any atom is -0.496 e. The first-order chi connectivity index (χ1) is 7.64. The monoisotopic (exact) mass is 219 g/mol. The fraction of sp³-hybridized carbons (Fsp3) is 0.571. The third-order valence-electron chi connectivity index (χ3n) is 4.15. The summed E-state index contributed by atoms with van der Waals surface area (Å²) in [5.74, 6) is 1.05. The summed E-state index contributed by atoms with van der Waals surface area (Å²) in [6.07, 6.45) is 3.68. The molecule has 1 fully saturated rings. The molecule has 1 aromatic carbocycles. The van der Waals surface area contributed by atoms with Gasteiger partial charge in [0.1, 0.15) is 5.75 Å². The Bertz CT molecular complexity index is 388. The quantitative estimate of drug-likeness (QED) is 0.848. The van der Waals surface area contributed by atoms with Gasteiger partial charge < -0.3 is 10.5 Å². The highest BCUT2D eigenvalue weighted by Crippen LogP contribution is 2.47. The lowest BCUT2D eigenvalue weighted by molar-refractivity contribution is 0.243. The van der Waals surface area contributed by atoms with Crippen molar-refractivity contribution >= 4 is 0 Å². The fourth-order valence-electron chi connectivity index (χ4n) is 2.66. The van der Waals surface area contributed by atoms with Crippen LogP contribution in [0.1, 0.15) is 36.0 Å². The van der Waals surface area contributed by atoms with E-state index in [-0.39, 0.29) is 5.41 Å². The van der Waals surface area contributed by atoms with Crippen LogP contribution < -0.4 is 10.5 Å². The zero-order valence-corrected chi connectivity index (χ0v) is 10.5. The summed E-state index contributed by atoms with van der Waals surface area (Å²) < 4.78 is 5.59. The molecule has 0 atom stereocenters. The van der Waals surface area contributed by atoms with E-state index in [4.69, 9.17) is 10.5 Å². The Kier molecular flexibility index (Phi) is 2.94. The lowest BCUT2D eigenvalue weighted by Gasteiger charge is -2.42. The molecule has 0 radical (unpaired) electrons. The molecule has 0 aromatic heterocycles. The van der Waals surface area contributed by atoms with Crippen LogP contribution in [0.2, 0.25) is 0 Å². The number of rotatable bonds is 3. The molecule has 0 saturated heterocycles. The summed E-state index contributed by atoms with van der Waals surface area (Å²) in [5.41, 5.74) is 9.99.